The van der Waals surface area contributed by atoms with E-state index in [1.54, 1.807) is 0 Å². The number of hydrogen-bond donors (Lipinski definition) is 0. The summed E-state index contributed by atoms with van der Waals surface area (Å²) < 4.78 is 0. The molecular weight excluding hydrogens is 336 g/mol. The van der Waals surface area contributed by atoms with Gasteiger partial charge in [-0.1, -0.05) is 118 Å². The highest BCUT2D eigenvalue weighted by Gasteiger charge is 2.46. The quantitative estimate of drug-likeness (QED) is 0.482. The highest BCUT2D eigenvalue weighted by atomic mass is 14.5. The van der Waals surface area contributed by atoms with E-state index in [-0.39, 0.29) is 5.41 Å². The van der Waals surface area contributed by atoms with E-state index < -0.39 is 0 Å². The van der Waals surface area contributed by atoms with Crippen molar-refractivity contribution in [3.63, 3.8) is 0 Å². The molecule has 0 aliphatic heterocycles. The van der Waals surface area contributed by atoms with E-state index >= 15 is 0 Å². The Labute approximate surface area is 170 Å². The minimum Gasteiger partial charge on any atom is -0.0991 e. The molecule has 0 heteroatoms. The molecule has 0 N–H and O–H groups in total. The van der Waals surface area contributed by atoms with Gasteiger partial charge in [-0.15, -0.1) is 0 Å². The van der Waals surface area contributed by atoms with Crippen LogP contribution in [0.3, 0.4) is 0 Å². The molecule has 0 saturated heterocycles. The van der Waals surface area contributed by atoms with E-state index in [9.17, 15) is 0 Å². The first-order valence-electron chi connectivity index (χ1n) is 10.3. The molecule has 0 aromatic heterocycles. The molecule has 0 atom stereocenters. The van der Waals surface area contributed by atoms with Crippen LogP contribution >= 0.6 is 0 Å². The summed E-state index contributed by atoms with van der Waals surface area (Å²) in [5, 5.41) is 0. The average molecular weight is 367 g/mol. The molecule has 0 saturated carbocycles. The van der Waals surface area contributed by atoms with Crippen LogP contribution in [0.2, 0.25) is 0 Å². The third-order valence-electron chi connectivity index (χ3n) is 5.33. The SMILES string of the molecule is C=C/C=C(\C=C)C1(C2=CCCC=C2)c2ccccc2-c2ccccc21.CCC. The van der Waals surface area contributed by atoms with Gasteiger partial charge in [0.25, 0.3) is 0 Å². The molecule has 0 unspecified atom stereocenters. The standard InChI is InChI=1S/C25H22.C3H8/c1-3-12-19(4-2)25(20-13-6-5-7-14-20)23-17-10-8-15-21(23)22-16-9-11-18-24(22)25;1-3-2/h3-4,6,8-18H,1-2,5,7H2;3H2,1-2H3/b19-12+;. The molecule has 0 radical (unpaired) electrons. The second kappa shape index (κ2) is 8.89. The molecule has 0 bridgehead atoms. The maximum atomic E-state index is 4.14. The lowest BCUT2D eigenvalue weighted by atomic mass is 9.65. The summed E-state index contributed by atoms with van der Waals surface area (Å²) in [6.45, 7) is 12.3. The van der Waals surface area contributed by atoms with Gasteiger partial charge in [-0.3, -0.25) is 0 Å². The molecule has 2 aromatic rings. The number of hydrogen-bond acceptors (Lipinski definition) is 0. The van der Waals surface area contributed by atoms with Gasteiger partial charge in [0, 0.05) is 0 Å². The summed E-state index contributed by atoms with van der Waals surface area (Å²) in [6, 6.07) is 17.5. The molecule has 2 aliphatic rings. The number of fused-ring (bicyclic) bond motifs is 3. The molecule has 28 heavy (non-hydrogen) atoms. The van der Waals surface area contributed by atoms with E-state index in [2.05, 4.69) is 99.8 Å². The van der Waals surface area contributed by atoms with Crippen LogP contribution in [0.4, 0.5) is 0 Å². The molecule has 0 spiro atoms. The largest absolute Gasteiger partial charge is 0.0991 e. The number of allylic oxidation sites excluding steroid dienone is 8. The fourth-order valence-corrected chi connectivity index (χ4v) is 4.39. The summed E-state index contributed by atoms with van der Waals surface area (Å²) >= 11 is 0. The Morgan fingerprint density at radius 2 is 1.50 bits per heavy atom. The lowest BCUT2D eigenvalue weighted by Crippen LogP contribution is -2.30. The van der Waals surface area contributed by atoms with Gasteiger partial charge in [0.05, 0.1) is 5.41 Å². The Bertz CT molecular complexity index is 904. The maximum absolute atomic E-state index is 4.14. The fraction of sp³-hybridized carbons (Fsp3) is 0.214. The molecule has 2 aliphatic carbocycles. The molecule has 4 rings (SSSR count). The van der Waals surface area contributed by atoms with Crippen molar-refractivity contribution in [3.8, 4) is 11.1 Å². The van der Waals surface area contributed by atoms with Crippen molar-refractivity contribution in [1.82, 2.24) is 0 Å². The Morgan fingerprint density at radius 3 is 1.96 bits per heavy atom. The minimum atomic E-state index is -0.306. The van der Waals surface area contributed by atoms with Crippen LogP contribution in [0, 0.1) is 0 Å². The zero-order chi connectivity index (χ0) is 20.0. The third-order valence-corrected chi connectivity index (χ3v) is 5.33. The summed E-state index contributed by atoms with van der Waals surface area (Å²) in [7, 11) is 0. The molecule has 0 nitrogen and oxygen atoms in total. The molecule has 0 amide bonds. The first-order chi connectivity index (χ1) is 13.7. The Morgan fingerprint density at radius 1 is 0.929 bits per heavy atom. The van der Waals surface area contributed by atoms with Gasteiger partial charge in [-0.2, -0.15) is 0 Å². The summed E-state index contributed by atoms with van der Waals surface area (Å²) in [5.74, 6) is 0. The summed E-state index contributed by atoms with van der Waals surface area (Å²) in [6.07, 6.45) is 16.4. The second-order valence-corrected chi connectivity index (χ2v) is 7.25. The second-order valence-electron chi connectivity index (χ2n) is 7.25. The third kappa shape index (κ3) is 3.14. The smallest absolute Gasteiger partial charge is 0.0710 e. The van der Waals surface area contributed by atoms with Gasteiger partial charge < -0.3 is 0 Å². The Hall–Kier alpha value is -2.86. The van der Waals surface area contributed by atoms with Crippen molar-refractivity contribution in [1.29, 1.82) is 0 Å². The van der Waals surface area contributed by atoms with Crippen LogP contribution < -0.4 is 0 Å². The summed E-state index contributed by atoms with van der Waals surface area (Å²) in [4.78, 5) is 0. The van der Waals surface area contributed by atoms with Gasteiger partial charge in [-0.05, 0) is 46.2 Å². The highest BCUT2D eigenvalue weighted by Crippen LogP contribution is 2.57. The zero-order valence-corrected chi connectivity index (χ0v) is 17.1. The topological polar surface area (TPSA) is 0 Å². The van der Waals surface area contributed by atoms with E-state index in [1.165, 1.54) is 39.8 Å². The van der Waals surface area contributed by atoms with Crippen LogP contribution in [0.15, 0.2) is 109 Å². The van der Waals surface area contributed by atoms with Crippen molar-refractivity contribution in [2.75, 3.05) is 0 Å². The van der Waals surface area contributed by atoms with Crippen molar-refractivity contribution >= 4 is 0 Å². The van der Waals surface area contributed by atoms with Crippen LogP contribution in [-0.2, 0) is 5.41 Å². The Kier molecular flexibility index (Phi) is 6.31. The lowest BCUT2D eigenvalue weighted by molar-refractivity contribution is 0.750. The molecular formula is C28H30. The van der Waals surface area contributed by atoms with Gasteiger partial charge in [0.2, 0.25) is 0 Å². The van der Waals surface area contributed by atoms with Gasteiger partial charge in [-0.25, -0.2) is 0 Å². The van der Waals surface area contributed by atoms with E-state index in [0.29, 0.717) is 0 Å². The van der Waals surface area contributed by atoms with Crippen LogP contribution in [0.25, 0.3) is 11.1 Å². The first-order valence-corrected chi connectivity index (χ1v) is 10.3. The van der Waals surface area contributed by atoms with Crippen molar-refractivity contribution < 1.29 is 0 Å². The molecule has 2 aromatic carbocycles. The molecule has 0 heterocycles. The Balaban J connectivity index is 0.000000706. The minimum absolute atomic E-state index is 0.306. The number of rotatable bonds is 4. The first kappa shape index (κ1) is 19.9. The predicted molar refractivity (Wildman–Crippen MR) is 124 cm³/mol. The predicted octanol–water partition coefficient (Wildman–Crippen LogP) is 7.94. The maximum Gasteiger partial charge on any atom is 0.0710 e. The monoisotopic (exact) mass is 366 g/mol. The van der Waals surface area contributed by atoms with Crippen molar-refractivity contribution in [2.24, 2.45) is 0 Å². The zero-order valence-electron chi connectivity index (χ0n) is 17.1. The van der Waals surface area contributed by atoms with Crippen molar-refractivity contribution in [3.05, 3.63) is 120 Å². The number of benzene rings is 2. The highest BCUT2D eigenvalue weighted by molar-refractivity contribution is 5.87. The normalized spacial score (nSPS) is 16.2. The average Bonchev–Trinajstić information content (AvgIpc) is 3.05. The van der Waals surface area contributed by atoms with Crippen LogP contribution in [-0.4, -0.2) is 0 Å². The fourth-order valence-electron chi connectivity index (χ4n) is 4.39. The summed E-state index contributed by atoms with van der Waals surface area (Å²) in [5.41, 5.74) is 7.51. The molecule has 142 valence electrons. The van der Waals surface area contributed by atoms with E-state index in [4.69, 9.17) is 0 Å². The van der Waals surface area contributed by atoms with Gasteiger partial charge >= 0.3 is 0 Å². The van der Waals surface area contributed by atoms with E-state index in [0.717, 1.165) is 12.8 Å². The van der Waals surface area contributed by atoms with E-state index in [1.807, 2.05) is 12.2 Å². The lowest BCUT2D eigenvalue weighted by Gasteiger charge is -2.36. The van der Waals surface area contributed by atoms with Crippen LogP contribution in [0.1, 0.15) is 44.2 Å². The van der Waals surface area contributed by atoms with Crippen LogP contribution in [0.5, 0.6) is 0 Å². The molecule has 0 fully saturated rings. The van der Waals surface area contributed by atoms with Gasteiger partial charge in [0.1, 0.15) is 0 Å². The van der Waals surface area contributed by atoms with Gasteiger partial charge in [0.15, 0.2) is 0 Å². The van der Waals surface area contributed by atoms with Crippen molar-refractivity contribution in [2.45, 2.75) is 38.5 Å².